The van der Waals surface area contributed by atoms with Crippen LogP contribution in [0.4, 0.5) is 4.79 Å². The third-order valence-corrected chi connectivity index (χ3v) is 7.26. The first-order chi connectivity index (χ1) is 20.7. The van der Waals surface area contributed by atoms with E-state index in [1.807, 2.05) is 51.1 Å². The Hall–Kier alpha value is -3.96. The fourth-order valence-electron chi connectivity index (χ4n) is 5.07. The number of rotatable bonds is 12. The molecule has 0 bridgehead atoms. The average Bonchev–Trinajstić information content (AvgIpc) is 3.27. The van der Waals surface area contributed by atoms with Gasteiger partial charge in [-0.15, -0.1) is 0 Å². The van der Waals surface area contributed by atoms with Gasteiger partial charge in [-0.1, -0.05) is 78.3 Å². The topological polar surface area (TPSA) is 163 Å². The van der Waals surface area contributed by atoms with Gasteiger partial charge in [0.2, 0.25) is 23.5 Å². The molecular formula is C33H51N5O7. The summed E-state index contributed by atoms with van der Waals surface area (Å²) in [6.45, 7) is 16.4. The van der Waals surface area contributed by atoms with Crippen LogP contribution in [0.15, 0.2) is 30.3 Å². The van der Waals surface area contributed by atoms with Crippen molar-refractivity contribution >= 4 is 35.5 Å². The molecule has 0 radical (unpaired) electrons. The maximum atomic E-state index is 13.9. The van der Waals surface area contributed by atoms with E-state index in [4.69, 9.17) is 4.74 Å². The van der Waals surface area contributed by atoms with Crippen LogP contribution in [0.5, 0.6) is 0 Å². The average molecular weight is 630 g/mol. The third-order valence-electron chi connectivity index (χ3n) is 7.26. The van der Waals surface area contributed by atoms with E-state index in [9.17, 15) is 28.8 Å². The van der Waals surface area contributed by atoms with Crippen molar-refractivity contribution in [1.29, 1.82) is 0 Å². The monoisotopic (exact) mass is 629 g/mol. The van der Waals surface area contributed by atoms with Gasteiger partial charge >= 0.3 is 6.09 Å². The number of alkyl carbamates (subject to hydrolysis) is 1. The summed E-state index contributed by atoms with van der Waals surface area (Å²) in [7, 11) is 0. The number of benzene rings is 1. The van der Waals surface area contributed by atoms with Crippen LogP contribution in [0.25, 0.3) is 0 Å². The SMILES string of the molecule is CCCC(NC(=O)C1CC(C)(C)CN1C(=O)[C@@H](NC(=O)OC(C)(C)C)C(C)(C)C)C(=O)C(=O)NCC(=O)NCc1ccccc1. The molecule has 5 amide bonds. The second-order valence-electron chi connectivity index (χ2n) is 14.5. The van der Waals surface area contributed by atoms with Crippen molar-refractivity contribution in [3.63, 3.8) is 0 Å². The van der Waals surface area contributed by atoms with Crippen molar-refractivity contribution in [1.82, 2.24) is 26.2 Å². The van der Waals surface area contributed by atoms with Gasteiger partial charge < -0.3 is 30.9 Å². The molecule has 0 saturated carbocycles. The van der Waals surface area contributed by atoms with Gasteiger partial charge in [-0.3, -0.25) is 24.0 Å². The number of carbonyl (C=O) groups is 6. The van der Waals surface area contributed by atoms with E-state index in [-0.39, 0.29) is 19.5 Å². The first-order valence-corrected chi connectivity index (χ1v) is 15.5. The first-order valence-electron chi connectivity index (χ1n) is 15.5. The van der Waals surface area contributed by atoms with Gasteiger partial charge in [0.25, 0.3) is 5.91 Å². The second kappa shape index (κ2) is 15.4. The van der Waals surface area contributed by atoms with Gasteiger partial charge in [-0.25, -0.2) is 4.79 Å². The fourth-order valence-corrected chi connectivity index (χ4v) is 5.07. The molecule has 45 heavy (non-hydrogen) atoms. The number of likely N-dealkylation sites (tertiary alicyclic amines) is 1. The number of hydrogen-bond donors (Lipinski definition) is 4. The number of amides is 5. The van der Waals surface area contributed by atoms with Crippen molar-refractivity contribution in [2.45, 2.75) is 112 Å². The number of Topliss-reactive ketones (excluding diaryl/α,β-unsaturated/α-hetero) is 1. The van der Waals surface area contributed by atoms with E-state index in [0.29, 0.717) is 12.8 Å². The molecule has 12 heteroatoms. The molecule has 1 aromatic rings. The van der Waals surface area contributed by atoms with E-state index in [1.54, 1.807) is 41.5 Å². The Kier molecular flexibility index (Phi) is 12.7. The van der Waals surface area contributed by atoms with Crippen molar-refractivity contribution in [3.05, 3.63) is 35.9 Å². The van der Waals surface area contributed by atoms with Gasteiger partial charge in [-0.2, -0.15) is 0 Å². The molecule has 0 spiro atoms. The lowest BCUT2D eigenvalue weighted by Gasteiger charge is -2.36. The molecule has 1 aliphatic rings. The molecule has 250 valence electrons. The maximum absolute atomic E-state index is 13.9. The van der Waals surface area contributed by atoms with Gasteiger partial charge in [0.05, 0.1) is 12.6 Å². The van der Waals surface area contributed by atoms with Crippen molar-refractivity contribution in [2.75, 3.05) is 13.1 Å². The highest BCUT2D eigenvalue weighted by molar-refractivity contribution is 6.38. The van der Waals surface area contributed by atoms with Gasteiger partial charge in [0.15, 0.2) is 0 Å². The predicted octanol–water partition coefficient (Wildman–Crippen LogP) is 2.84. The number of nitrogens with one attached hydrogen (secondary N) is 4. The minimum absolute atomic E-state index is 0.188. The minimum Gasteiger partial charge on any atom is -0.444 e. The van der Waals surface area contributed by atoms with Gasteiger partial charge in [-0.05, 0) is 50.0 Å². The predicted molar refractivity (Wildman–Crippen MR) is 170 cm³/mol. The summed E-state index contributed by atoms with van der Waals surface area (Å²) in [6.07, 6.45) is 0.247. The highest BCUT2D eigenvalue weighted by atomic mass is 16.6. The standard InChI is InChI=1S/C33H51N5O7/c1-10-14-22(25(40)28(42)35-19-24(39)34-18-21-15-12-11-13-16-21)36-27(41)23-17-33(8,9)20-38(23)29(43)26(31(2,3)4)37-30(44)45-32(5,6)7/h11-13,15-16,22-23,26H,10,14,17-20H2,1-9H3,(H,34,39)(H,35,42)(H,36,41)(H,37,44)/t22?,23?,26-/m1/s1. The van der Waals surface area contributed by atoms with Crippen LogP contribution in [-0.2, 0) is 35.3 Å². The van der Waals surface area contributed by atoms with E-state index in [0.717, 1.165) is 5.56 Å². The molecule has 1 saturated heterocycles. The number of ketones is 1. The molecule has 2 rings (SSSR count). The highest BCUT2D eigenvalue weighted by Gasteiger charge is 2.48. The molecule has 0 aromatic heterocycles. The number of nitrogens with zero attached hydrogens (tertiary/aromatic N) is 1. The van der Waals surface area contributed by atoms with E-state index < -0.39 is 76.6 Å². The lowest BCUT2D eigenvalue weighted by atomic mass is 9.85. The summed E-state index contributed by atoms with van der Waals surface area (Å²) in [5.74, 6) is -3.35. The first kappa shape index (κ1) is 37.2. The Morgan fingerprint density at radius 3 is 2.13 bits per heavy atom. The molecule has 1 aromatic carbocycles. The van der Waals surface area contributed by atoms with Crippen LogP contribution >= 0.6 is 0 Å². The summed E-state index contributed by atoms with van der Waals surface area (Å²) < 4.78 is 5.39. The fraction of sp³-hybridized carbons (Fsp3) is 0.636. The zero-order chi connectivity index (χ0) is 34.2. The summed E-state index contributed by atoms with van der Waals surface area (Å²) in [6, 6.07) is 6.17. The van der Waals surface area contributed by atoms with E-state index >= 15 is 0 Å². The van der Waals surface area contributed by atoms with Crippen molar-refractivity contribution in [3.8, 4) is 0 Å². The van der Waals surface area contributed by atoms with Crippen molar-refractivity contribution < 1.29 is 33.5 Å². The lowest BCUT2D eigenvalue weighted by Crippen LogP contribution is -2.59. The van der Waals surface area contributed by atoms with Crippen LogP contribution < -0.4 is 21.3 Å². The van der Waals surface area contributed by atoms with Crippen LogP contribution in [0.2, 0.25) is 0 Å². The Morgan fingerprint density at radius 1 is 0.956 bits per heavy atom. The minimum atomic E-state index is -1.14. The molecule has 1 aliphatic heterocycles. The molecule has 4 N–H and O–H groups in total. The molecule has 2 unspecified atom stereocenters. The molecule has 3 atom stereocenters. The number of hydrogen-bond acceptors (Lipinski definition) is 7. The Labute approximate surface area is 266 Å². The maximum Gasteiger partial charge on any atom is 0.408 e. The normalized spacial score (nSPS) is 17.4. The quantitative estimate of drug-likeness (QED) is 0.258. The van der Waals surface area contributed by atoms with Crippen LogP contribution in [0.3, 0.4) is 0 Å². The largest absolute Gasteiger partial charge is 0.444 e. The zero-order valence-corrected chi connectivity index (χ0v) is 28.2. The van der Waals surface area contributed by atoms with E-state index in [2.05, 4.69) is 21.3 Å². The molecule has 0 aliphatic carbocycles. The Balaban J connectivity index is 2.12. The Morgan fingerprint density at radius 2 is 1.58 bits per heavy atom. The second-order valence-corrected chi connectivity index (χ2v) is 14.5. The van der Waals surface area contributed by atoms with Gasteiger partial charge in [0, 0.05) is 13.1 Å². The van der Waals surface area contributed by atoms with Gasteiger partial charge in [0.1, 0.15) is 17.7 Å². The van der Waals surface area contributed by atoms with Crippen molar-refractivity contribution in [2.24, 2.45) is 10.8 Å². The molecule has 12 nitrogen and oxygen atoms in total. The summed E-state index contributed by atoms with van der Waals surface area (Å²) in [5.41, 5.74) is -1.03. The smallest absolute Gasteiger partial charge is 0.408 e. The van der Waals surface area contributed by atoms with Crippen LogP contribution in [0, 0.1) is 10.8 Å². The summed E-state index contributed by atoms with van der Waals surface area (Å²) in [4.78, 5) is 79.7. The highest BCUT2D eigenvalue weighted by Crippen LogP contribution is 2.36. The summed E-state index contributed by atoms with van der Waals surface area (Å²) in [5, 5.41) is 10.4. The zero-order valence-electron chi connectivity index (χ0n) is 28.2. The molecule has 1 heterocycles. The number of carbonyl (C=O) groups excluding carboxylic acids is 6. The van der Waals surface area contributed by atoms with Crippen LogP contribution in [-0.4, -0.2) is 77.2 Å². The van der Waals surface area contributed by atoms with Crippen LogP contribution in [0.1, 0.15) is 87.1 Å². The molecule has 1 fully saturated rings. The molecular weight excluding hydrogens is 578 g/mol. The lowest BCUT2D eigenvalue weighted by molar-refractivity contribution is -0.144. The summed E-state index contributed by atoms with van der Waals surface area (Å²) >= 11 is 0. The Bertz CT molecular complexity index is 1230. The van der Waals surface area contributed by atoms with E-state index in [1.165, 1.54) is 4.90 Å². The number of ether oxygens (including phenoxy) is 1. The third kappa shape index (κ3) is 11.8.